The van der Waals surface area contributed by atoms with Crippen molar-refractivity contribution in [3.8, 4) is 0 Å². The van der Waals surface area contributed by atoms with Crippen molar-refractivity contribution in [2.45, 2.75) is 13.8 Å². The molecule has 0 bridgehead atoms. The average molecular weight is 196 g/mol. The lowest BCUT2D eigenvalue weighted by molar-refractivity contribution is -0.172. The topological polar surface area (TPSA) is 46.6 Å². The third-order valence-corrected chi connectivity index (χ3v) is 1.10. The van der Waals surface area contributed by atoms with Gasteiger partial charge in [0.1, 0.15) is 0 Å². The minimum Gasteiger partial charge on any atom is -0.328 e. The minimum atomic E-state index is -0.540. The van der Waals surface area contributed by atoms with Gasteiger partial charge < -0.3 is 4.84 Å². The molecule has 0 N–H and O–H groups in total. The summed E-state index contributed by atoms with van der Waals surface area (Å²) in [7, 11) is 0. The van der Waals surface area contributed by atoms with E-state index in [9.17, 15) is 9.59 Å². The van der Waals surface area contributed by atoms with Crippen molar-refractivity contribution in [3.63, 3.8) is 0 Å². The molecule has 0 heterocycles. The average Bonchev–Trinajstić information content (AvgIpc) is 1.63. The predicted octanol–water partition coefficient (Wildman–Crippen LogP) is 0.623. The van der Waals surface area contributed by atoms with Crippen molar-refractivity contribution < 1.29 is 14.4 Å². The van der Waals surface area contributed by atoms with Gasteiger partial charge in [0.15, 0.2) is 0 Å². The normalized spacial score (nSPS) is 8.33. The van der Waals surface area contributed by atoms with E-state index in [0.717, 1.165) is 0 Å². The van der Waals surface area contributed by atoms with Crippen LogP contribution in [0.5, 0.6) is 0 Å². The number of carbonyl (C=O) groups is 2. The second-order valence-electron chi connectivity index (χ2n) is 1.35. The van der Waals surface area contributed by atoms with Gasteiger partial charge in [-0.1, -0.05) is 0 Å². The maximum Gasteiger partial charge on any atom is 0.330 e. The molecule has 4 nitrogen and oxygen atoms in total. The Bertz CT molecular complexity index is 136. The molecule has 5 heteroatoms. The molecule has 0 radical (unpaired) electrons. The van der Waals surface area contributed by atoms with Crippen LogP contribution in [-0.2, 0) is 14.4 Å². The van der Waals surface area contributed by atoms with Crippen LogP contribution in [0, 0.1) is 0 Å². The third-order valence-electron chi connectivity index (χ3n) is 0.456. The van der Waals surface area contributed by atoms with Gasteiger partial charge in [-0.3, -0.25) is 4.79 Å². The Morgan fingerprint density at radius 2 is 1.89 bits per heavy atom. The fraction of sp³-hybridized carbons (Fsp3) is 0.500. The summed E-state index contributed by atoms with van der Waals surface area (Å²) in [6, 6.07) is 0. The maximum absolute atomic E-state index is 10.3. The van der Waals surface area contributed by atoms with Gasteiger partial charge in [0.05, 0.1) is 16.1 Å². The van der Waals surface area contributed by atoms with Crippen LogP contribution in [0.15, 0.2) is 0 Å². The van der Waals surface area contributed by atoms with E-state index in [-0.39, 0.29) is 5.91 Å². The predicted molar refractivity (Wildman–Crippen MR) is 33.2 cm³/mol. The number of nitrogens with zero attached hydrogens (tertiary/aromatic N) is 1. The summed E-state index contributed by atoms with van der Waals surface area (Å²) < 4.78 is 0.690. The van der Waals surface area contributed by atoms with Crippen molar-refractivity contribution in [1.29, 1.82) is 0 Å². The number of hydrogen-bond acceptors (Lipinski definition) is 3. The molecule has 0 saturated carbocycles. The van der Waals surface area contributed by atoms with E-state index in [1.165, 1.54) is 13.8 Å². The van der Waals surface area contributed by atoms with Gasteiger partial charge in [0.25, 0.3) is 5.91 Å². The highest BCUT2D eigenvalue weighted by Crippen LogP contribution is 1.98. The first-order chi connectivity index (χ1) is 4.04. The maximum atomic E-state index is 10.3. The molecule has 0 rings (SSSR count). The van der Waals surface area contributed by atoms with E-state index in [4.69, 9.17) is 0 Å². The van der Waals surface area contributed by atoms with Crippen LogP contribution in [-0.4, -0.2) is 16.0 Å². The highest BCUT2D eigenvalue weighted by atomic mass is 79.9. The number of carbonyl (C=O) groups excluding carboxylic acids is 2. The molecule has 52 valence electrons. The second kappa shape index (κ2) is 3.45. The van der Waals surface area contributed by atoms with Crippen LogP contribution >= 0.6 is 16.1 Å². The molecule has 0 aliphatic heterocycles. The molecule has 0 aliphatic rings. The van der Waals surface area contributed by atoms with Crippen LogP contribution in [0.1, 0.15) is 13.8 Å². The van der Waals surface area contributed by atoms with Gasteiger partial charge in [-0.05, 0) is 0 Å². The Morgan fingerprint density at radius 1 is 1.44 bits per heavy atom. The van der Waals surface area contributed by atoms with Gasteiger partial charge >= 0.3 is 5.97 Å². The molecule has 0 saturated heterocycles. The van der Waals surface area contributed by atoms with Crippen molar-refractivity contribution in [2.24, 2.45) is 0 Å². The van der Waals surface area contributed by atoms with Gasteiger partial charge in [0.2, 0.25) is 0 Å². The first-order valence-electron chi connectivity index (χ1n) is 2.19. The molecule has 0 spiro atoms. The van der Waals surface area contributed by atoms with Gasteiger partial charge in [-0.25, -0.2) is 4.79 Å². The van der Waals surface area contributed by atoms with E-state index in [1.54, 1.807) is 0 Å². The van der Waals surface area contributed by atoms with E-state index < -0.39 is 5.97 Å². The Labute approximate surface area is 61.1 Å². The van der Waals surface area contributed by atoms with Crippen LogP contribution in [0.3, 0.4) is 0 Å². The quantitative estimate of drug-likeness (QED) is 0.421. The Kier molecular flexibility index (Phi) is 3.22. The van der Waals surface area contributed by atoms with E-state index in [0.29, 0.717) is 4.09 Å². The van der Waals surface area contributed by atoms with Crippen molar-refractivity contribution in [1.82, 2.24) is 4.09 Å². The van der Waals surface area contributed by atoms with Gasteiger partial charge in [-0.2, -0.15) is 0 Å². The third kappa shape index (κ3) is 3.96. The second-order valence-corrected chi connectivity index (χ2v) is 1.99. The van der Waals surface area contributed by atoms with E-state index in [1.807, 2.05) is 0 Å². The summed E-state index contributed by atoms with van der Waals surface area (Å²) in [6.07, 6.45) is 0. The first kappa shape index (κ1) is 8.42. The van der Waals surface area contributed by atoms with E-state index >= 15 is 0 Å². The molecule has 9 heavy (non-hydrogen) atoms. The van der Waals surface area contributed by atoms with Gasteiger partial charge in [-0.15, -0.1) is 4.09 Å². The number of rotatable bonds is 0. The van der Waals surface area contributed by atoms with Crippen LogP contribution < -0.4 is 0 Å². The number of hydroxylamine groups is 1. The highest BCUT2D eigenvalue weighted by Gasteiger charge is 2.06. The zero-order valence-electron chi connectivity index (χ0n) is 5.05. The summed E-state index contributed by atoms with van der Waals surface area (Å²) in [5.74, 6) is -0.924. The molecule has 0 atom stereocenters. The fourth-order valence-electron chi connectivity index (χ4n) is 0.177. The molecule has 0 aromatic rings. The smallest absolute Gasteiger partial charge is 0.328 e. The molecule has 0 aromatic carbocycles. The lowest BCUT2D eigenvalue weighted by Crippen LogP contribution is -2.20. The first-order valence-corrected chi connectivity index (χ1v) is 2.90. The minimum absolute atomic E-state index is 0.384. The summed E-state index contributed by atoms with van der Waals surface area (Å²) in [5.41, 5.74) is 0. The van der Waals surface area contributed by atoms with Crippen molar-refractivity contribution in [3.05, 3.63) is 0 Å². The Morgan fingerprint density at radius 3 is 2.00 bits per heavy atom. The lowest BCUT2D eigenvalue weighted by Gasteiger charge is -2.07. The molecular weight excluding hydrogens is 190 g/mol. The molecule has 0 unspecified atom stereocenters. The largest absolute Gasteiger partial charge is 0.330 e. The summed E-state index contributed by atoms with van der Waals surface area (Å²) in [6.45, 7) is 2.47. The lowest BCUT2D eigenvalue weighted by atomic mass is 10.8. The van der Waals surface area contributed by atoms with Crippen molar-refractivity contribution >= 4 is 28.0 Å². The number of halogens is 1. The standard InChI is InChI=1S/C4H6BrNO3/c1-3(7)6(5)9-4(2)8/h1-2H3. The molecular formula is C4H6BrNO3. The Balaban J connectivity index is 3.63. The number of hydrogen-bond donors (Lipinski definition) is 0. The summed E-state index contributed by atoms with van der Waals surface area (Å²) in [4.78, 5) is 24.7. The molecule has 0 aromatic heterocycles. The SMILES string of the molecule is CC(=O)ON(Br)C(C)=O. The van der Waals surface area contributed by atoms with Gasteiger partial charge in [0, 0.05) is 13.8 Å². The fourth-order valence-corrected chi connectivity index (χ4v) is 0.381. The molecule has 0 aliphatic carbocycles. The molecule has 1 amide bonds. The zero-order chi connectivity index (χ0) is 7.44. The van der Waals surface area contributed by atoms with E-state index in [2.05, 4.69) is 21.0 Å². The van der Waals surface area contributed by atoms with Crippen LogP contribution in [0.4, 0.5) is 0 Å². The highest BCUT2D eigenvalue weighted by molar-refractivity contribution is 9.07. The Hall–Kier alpha value is -0.580. The molecule has 0 fully saturated rings. The summed E-state index contributed by atoms with van der Waals surface area (Å²) in [5, 5.41) is 0. The zero-order valence-corrected chi connectivity index (χ0v) is 6.64. The monoisotopic (exact) mass is 195 g/mol. The van der Waals surface area contributed by atoms with Crippen molar-refractivity contribution in [2.75, 3.05) is 0 Å². The number of amides is 1. The van der Waals surface area contributed by atoms with Crippen LogP contribution in [0.25, 0.3) is 0 Å². The summed E-state index contributed by atoms with van der Waals surface area (Å²) >= 11 is 2.68. The van der Waals surface area contributed by atoms with Crippen LogP contribution in [0.2, 0.25) is 0 Å².